The van der Waals surface area contributed by atoms with Gasteiger partial charge in [-0.15, -0.1) is 0 Å². The predicted octanol–water partition coefficient (Wildman–Crippen LogP) is 4.60. The van der Waals surface area contributed by atoms with Crippen LogP contribution in [-0.2, 0) is 41.9 Å². The molecule has 0 heterocycles. The lowest BCUT2D eigenvalue weighted by Crippen LogP contribution is -2.29. The summed E-state index contributed by atoms with van der Waals surface area (Å²) in [6.07, 6.45) is -6.22. The van der Waals surface area contributed by atoms with Gasteiger partial charge in [-0.25, -0.2) is 0 Å². The number of ketones is 2. The smallest absolute Gasteiger partial charge is 0.390 e. The molecule has 0 amide bonds. The van der Waals surface area contributed by atoms with Crippen molar-refractivity contribution in [3.8, 4) is 0 Å². The monoisotopic (exact) mass is 466 g/mol. The topological polar surface area (TPSA) is 86.7 Å². The quantitative estimate of drug-likeness (QED) is 0.397. The molecule has 0 aliphatic carbocycles. The molecule has 1 atom stereocenters. The van der Waals surface area contributed by atoms with Gasteiger partial charge in [0.1, 0.15) is 37.1 Å². The normalized spacial score (nSPS) is 11.4. The average Bonchev–Trinajstić information content (AvgIpc) is 2.75. The van der Waals surface area contributed by atoms with Crippen molar-refractivity contribution in [3.05, 3.63) is 71.8 Å². The third-order valence-corrected chi connectivity index (χ3v) is 4.07. The van der Waals surface area contributed by atoms with Gasteiger partial charge >= 0.3 is 18.1 Å². The lowest BCUT2D eigenvalue weighted by atomic mass is 10.0. The van der Waals surface area contributed by atoms with Crippen LogP contribution in [0.2, 0.25) is 0 Å². The number of carbonyl (C=O) groups is 4. The molecule has 0 aliphatic rings. The first kappa shape index (κ1) is 27.5. The van der Waals surface area contributed by atoms with E-state index in [-0.39, 0.29) is 25.4 Å². The number of rotatable bonds is 9. The van der Waals surface area contributed by atoms with E-state index < -0.39 is 36.2 Å². The number of ether oxygens (including phenoxy) is 2. The predicted molar refractivity (Wildman–Crippen MR) is 113 cm³/mol. The molecule has 0 fully saturated rings. The van der Waals surface area contributed by atoms with E-state index in [2.05, 4.69) is 0 Å². The molecule has 178 valence electrons. The Bertz CT molecular complexity index is 911. The highest BCUT2D eigenvalue weighted by molar-refractivity contribution is 5.97. The van der Waals surface area contributed by atoms with E-state index in [4.69, 9.17) is 9.47 Å². The highest BCUT2D eigenvalue weighted by Gasteiger charge is 2.38. The number of benzene rings is 2. The molecule has 2 rings (SSSR count). The lowest BCUT2D eigenvalue weighted by molar-refractivity contribution is -0.171. The minimum Gasteiger partial charge on any atom is -0.460 e. The largest absolute Gasteiger partial charge is 0.460 e. The van der Waals surface area contributed by atoms with Crippen LogP contribution in [0.25, 0.3) is 0 Å². The van der Waals surface area contributed by atoms with Gasteiger partial charge in [-0.3, -0.25) is 19.2 Å². The van der Waals surface area contributed by atoms with E-state index in [0.29, 0.717) is 5.56 Å². The van der Waals surface area contributed by atoms with Gasteiger partial charge in [-0.1, -0.05) is 60.7 Å². The maximum atomic E-state index is 12.2. The summed E-state index contributed by atoms with van der Waals surface area (Å²) in [4.78, 5) is 44.1. The van der Waals surface area contributed by atoms with Gasteiger partial charge in [0.05, 0.1) is 6.42 Å². The van der Waals surface area contributed by atoms with Gasteiger partial charge in [0.15, 0.2) is 0 Å². The zero-order chi connectivity index (χ0) is 24.9. The van der Waals surface area contributed by atoms with Crippen LogP contribution in [0.3, 0.4) is 0 Å². The Morgan fingerprint density at radius 2 is 1.24 bits per heavy atom. The standard InChI is InChI=1S/C13H13F3O3.C11H12O3/c1-9(17)11(7-13(14,15)16)12(18)19-8-10-5-3-2-4-6-10;1-9(12)7-11(13)14-8-10-5-3-2-4-6-10/h2-6,11H,7-8H2,1H3;2-6H,7-8H2,1H3. The van der Waals surface area contributed by atoms with Gasteiger partial charge in [-0.2, -0.15) is 13.2 Å². The van der Waals surface area contributed by atoms with E-state index in [1.54, 1.807) is 30.3 Å². The average molecular weight is 466 g/mol. The Balaban J connectivity index is 0.000000346. The van der Waals surface area contributed by atoms with Crippen molar-refractivity contribution in [1.29, 1.82) is 0 Å². The fourth-order valence-corrected chi connectivity index (χ4v) is 2.45. The number of hydrogen-bond acceptors (Lipinski definition) is 6. The van der Waals surface area contributed by atoms with Crippen molar-refractivity contribution >= 4 is 23.5 Å². The molecule has 0 saturated heterocycles. The number of halogens is 3. The van der Waals surface area contributed by atoms with Crippen LogP contribution in [-0.4, -0.2) is 29.7 Å². The highest BCUT2D eigenvalue weighted by Crippen LogP contribution is 2.26. The molecular weight excluding hydrogens is 441 g/mol. The van der Waals surface area contributed by atoms with Gasteiger partial charge in [0, 0.05) is 0 Å². The van der Waals surface area contributed by atoms with E-state index in [0.717, 1.165) is 12.5 Å². The van der Waals surface area contributed by atoms with Crippen molar-refractivity contribution in [2.75, 3.05) is 0 Å². The van der Waals surface area contributed by atoms with Gasteiger partial charge in [-0.05, 0) is 25.0 Å². The van der Waals surface area contributed by atoms with Crippen molar-refractivity contribution < 1.29 is 41.8 Å². The summed E-state index contributed by atoms with van der Waals surface area (Å²) in [7, 11) is 0. The summed E-state index contributed by atoms with van der Waals surface area (Å²) in [5, 5.41) is 0. The zero-order valence-corrected chi connectivity index (χ0v) is 18.3. The van der Waals surface area contributed by atoms with E-state index in [1.165, 1.54) is 6.92 Å². The second-order valence-corrected chi connectivity index (χ2v) is 7.10. The lowest BCUT2D eigenvalue weighted by Gasteiger charge is -2.15. The number of esters is 2. The second-order valence-electron chi connectivity index (χ2n) is 7.10. The van der Waals surface area contributed by atoms with Crippen LogP contribution in [0, 0.1) is 5.92 Å². The van der Waals surface area contributed by atoms with Crippen LogP contribution >= 0.6 is 0 Å². The van der Waals surface area contributed by atoms with Gasteiger partial charge < -0.3 is 9.47 Å². The van der Waals surface area contributed by atoms with Crippen molar-refractivity contribution in [2.24, 2.45) is 5.92 Å². The Labute approximate surface area is 189 Å². The maximum Gasteiger partial charge on any atom is 0.390 e. The first-order valence-electron chi connectivity index (χ1n) is 9.94. The van der Waals surface area contributed by atoms with Crippen molar-refractivity contribution in [3.63, 3.8) is 0 Å². The number of alkyl halides is 3. The molecule has 1 unspecified atom stereocenters. The molecule has 0 aliphatic heterocycles. The number of hydrogen-bond donors (Lipinski definition) is 0. The minimum atomic E-state index is -4.58. The summed E-state index contributed by atoms with van der Waals surface area (Å²) in [5.74, 6) is -4.43. The minimum absolute atomic E-state index is 0.146. The molecule has 0 spiro atoms. The summed E-state index contributed by atoms with van der Waals surface area (Å²) >= 11 is 0. The molecule has 0 aromatic heterocycles. The maximum absolute atomic E-state index is 12.2. The second kappa shape index (κ2) is 13.8. The molecule has 9 heteroatoms. The third-order valence-electron chi connectivity index (χ3n) is 4.07. The molecule has 0 radical (unpaired) electrons. The first-order valence-corrected chi connectivity index (χ1v) is 9.94. The third kappa shape index (κ3) is 12.8. The van der Waals surface area contributed by atoms with Crippen LogP contribution in [0.4, 0.5) is 13.2 Å². The highest BCUT2D eigenvalue weighted by atomic mass is 19.4. The molecule has 2 aromatic rings. The van der Waals surface area contributed by atoms with Gasteiger partial charge in [0.2, 0.25) is 0 Å². The molecule has 6 nitrogen and oxygen atoms in total. The van der Waals surface area contributed by atoms with Gasteiger partial charge in [0.25, 0.3) is 0 Å². The number of carbonyl (C=O) groups excluding carboxylic acids is 4. The molecule has 0 N–H and O–H groups in total. The van der Waals surface area contributed by atoms with Crippen LogP contribution in [0.1, 0.15) is 37.8 Å². The Morgan fingerprint density at radius 1 is 0.788 bits per heavy atom. The summed E-state index contributed by atoms with van der Waals surface area (Å²) in [6, 6.07) is 17.9. The van der Waals surface area contributed by atoms with E-state index >= 15 is 0 Å². The molecule has 2 aromatic carbocycles. The van der Waals surface area contributed by atoms with Crippen LogP contribution in [0.15, 0.2) is 60.7 Å². The fourth-order valence-electron chi connectivity index (χ4n) is 2.45. The molecule has 0 saturated carbocycles. The van der Waals surface area contributed by atoms with Crippen molar-refractivity contribution in [1.82, 2.24) is 0 Å². The Morgan fingerprint density at radius 3 is 1.64 bits per heavy atom. The molecular formula is C24H25F3O6. The molecule has 33 heavy (non-hydrogen) atoms. The first-order chi connectivity index (χ1) is 15.5. The molecule has 0 bridgehead atoms. The zero-order valence-electron chi connectivity index (χ0n) is 18.3. The summed E-state index contributed by atoms with van der Waals surface area (Å²) < 4.78 is 46.3. The van der Waals surface area contributed by atoms with Crippen LogP contribution in [0.5, 0.6) is 0 Å². The Hall–Kier alpha value is -3.49. The van der Waals surface area contributed by atoms with E-state index in [1.807, 2.05) is 30.3 Å². The number of Topliss-reactive ketones (excluding diaryl/α,β-unsaturated/α-hetero) is 2. The summed E-state index contributed by atoms with van der Waals surface area (Å²) in [5.41, 5.74) is 1.56. The fraction of sp³-hybridized carbons (Fsp3) is 0.333. The van der Waals surface area contributed by atoms with Crippen molar-refractivity contribution in [2.45, 2.75) is 46.1 Å². The van der Waals surface area contributed by atoms with E-state index in [9.17, 15) is 32.3 Å². The summed E-state index contributed by atoms with van der Waals surface area (Å²) in [6.45, 7) is 2.39. The van der Waals surface area contributed by atoms with Crippen LogP contribution < -0.4 is 0 Å². The SMILES string of the molecule is CC(=O)C(CC(F)(F)F)C(=O)OCc1ccccc1.CC(=O)CC(=O)OCc1ccccc1. The Kier molecular flexibility index (Phi) is 11.5.